The minimum Gasteiger partial charge on any atom is -0.490 e. The van der Waals surface area contributed by atoms with E-state index in [0.717, 1.165) is 0 Å². The number of carbonyl (C=O) groups is 2. The highest BCUT2D eigenvalue weighted by Gasteiger charge is 2.16. The zero-order valence-corrected chi connectivity index (χ0v) is 12.4. The lowest BCUT2D eigenvalue weighted by Gasteiger charge is -2.12. The number of para-hydroxylation sites is 1. The van der Waals surface area contributed by atoms with Crippen LogP contribution in [-0.4, -0.2) is 31.8 Å². The molecular formula is C15H21NO5. The van der Waals surface area contributed by atoms with E-state index < -0.39 is 5.97 Å². The van der Waals surface area contributed by atoms with E-state index in [9.17, 15) is 9.59 Å². The molecule has 6 heteroatoms. The Bertz CT molecular complexity index is 487. The summed E-state index contributed by atoms with van der Waals surface area (Å²) in [6.45, 7) is 4.38. The Labute approximate surface area is 124 Å². The van der Waals surface area contributed by atoms with Crippen LogP contribution in [0.1, 0.15) is 37.0 Å². The highest BCUT2D eigenvalue weighted by atomic mass is 16.5. The third-order valence-electron chi connectivity index (χ3n) is 2.62. The van der Waals surface area contributed by atoms with Crippen molar-refractivity contribution in [1.29, 1.82) is 0 Å². The summed E-state index contributed by atoms with van der Waals surface area (Å²) >= 11 is 0. The fourth-order valence-corrected chi connectivity index (χ4v) is 1.71. The van der Waals surface area contributed by atoms with Crippen molar-refractivity contribution in [2.24, 2.45) is 0 Å². The first-order chi connectivity index (χ1) is 10.1. The lowest BCUT2D eigenvalue weighted by atomic mass is 10.1. The predicted molar refractivity (Wildman–Crippen MR) is 78.2 cm³/mol. The highest BCUT2D eigenvalue weighted by Crippen LogP contribution is 2.27. The number of esters is 2. The highest BCUT2D eigenvalue weighted by molar-refractivity contribution is 5.94. The predicted octanol–water partition coefficient (Wildman–Crippen LogP) is 2.17. The average Bonchev–Trinajstić information content (AvgIpc) is 2.45. The van der Waals surface area contributed by atoms with Crippen molar-refractivity contribution < 1.29 is 23.8 Å². The summed E-state index contributed by atoms with van der Waals surface area (Å²) in [6, 6.07) is 4.89. The first-order valence-electron chi connectivity index (χ1n) is 6.94. The van der Waals surface area contributed by atoms with Crippen LogP contribution in [0.3, 0.4) is 0 Å². The monoisotopic (exact) mass is 295 g/mol. The molecule has 0 radical (unpaired) electrons. The van der Waals surface area contributed by atoms with Crippen molar-refractivity contribution in [2.75, 3.05) is 25.6 Å². The number of nitrogens with two attached hydrogens (primary N) is 1. The minimum absolute atomic E-state index is 0.259. The molecule has 0 amide bonds. The normalized spacial score (nSPS) is 10.0. The second-order valence-electron chi connectivity index (χ2n) is 4.20. The number of hydrogen-bond acceptors (Lipinski definition) is 6. The second kappa shape index (κ2) is 8.84. The molecule has 0 bridgehead atoms. The molecule has 0 atom stereocenters. The van der Waals surface area contributed by atoms with Crippen LogP contribution in [0.5, 0.6) is 5.75 Å². The molecule has 2 N–H and O–H groups in total. The maximum Gasteiger partial charge on any atom is 0.341 e. The van der Waals surface area contributed by atoms with Gasteiger partial charge in [0.1, 0.15) is 5.56 Å². The summed E-state index contributed by atoms with van der Waals surface area (Å²) in [5.41, 5.74) is 6.46. The van der Waals surface area contributed by atoms with Crippen LogP contribution in [-0.2, 0) is 14.3 Å². The van der Waals surface area contributed by atoms with Gasteiger partial charge in [0.25, 0.3) is 0 Å². The van der Waals surface area contributed by atoms with Crippen LogP contribution in [0.2, 0.25) is 0 Å². The van der Waals surface area contributed by atoms with Gasteiger partial charge in [-0.15, -0.1) is 0 Å². The van der Waals surface area contributed by atoms with Crippen molar-refractivity contribution in [3.8, 4) is 5.75 Å². The van der Waals surface area contributed by atoms with Gasteiger partial charge in [0.05, 0.1) is 25.5 Å². The molecule has 0 aliphatic carbocycles. The van der Waals surface area contributed by atoms with E-state index >= 15 is 0 Å². The van der Waals surface area contributed by atoms with E-state index in [4.69, 9.17) is 19.9 Å². The van der Waals surface area contributed by atoms with Crippen molar-refractivity contribution >= 4 is 17.6 Å². The molecule has 0 aliphatic rings. The third-order valence-corrected chi connectivity index (χ3v) is 2.62. The van der Waals surface area contributed by atoms with Gasteiger partial charge in [-0.05, 0) is 32.4 Å². The van der Waals surface area contributed by atoms with Crippen LogP contribution in [0.15, 0.2) is 18.2 Å². The molecule has 0 unspecified atom stereocenters. The molecule has 1 aromatic rings. The van der Waals surface area contributed by atoms with Crippen LogP contribution in [0.4, 0.5) is 5.69 Å². The molecule has 0 heterocycles. The summed E-state index contributed by atoms with van der Waals surface area (Å²) in [6.07, 6.45) is 0.741. The third kappa shape index (κ3) is 5.33. The number of nitrogen functional groups attached to an aromatic ring is 1. The molecule has 6 nitrogen and oxygen atoms in total. The van der Waals surface area contributed by atoms with E-state index in [1.54, 1.807) is 32.0 Å². The lowest BCUT2D eigenvalue weighted by Crippen LogP contribution is -2.11. The molecule has 1 aromatic carbocycles. The fraction of sp³-hybridized carbons (Fsp3) is 0.467. The Morgan fingerprint density at radius 2 is 1.86 bits per heavy atom. The van der Waals surface area contributed by atoms with Crippen molar-refractivity contribution in [1.82, 2.24) is 0 Å². The van der Waals surface area contributed by atoms with E-state index in [-0.39, 0.29) is 31.2 Å². The van der Waals surface area contributed by atoms with Crippen molar-refractivity contribution in [2.45, 2.75) is 26.7 Å². The minimum atomic E-state index is -0.481. The molecule has 0 fully saturated rings. The number of benzene rings is 1. The van der Waals surface area contributed by atoms with E-state index in [0.29, 0.717) is 24.5 Å². The number of ether oxygens (including phenoxy) is 3. The molecule has 116 valence electrons. The van der Waals surface area contributed by atoms with Gasteiger partial charge in [-0.2, -0.15) is 0 Å². The van der Waals surface area contributed by atoms with Crippen LogP contribution >= 0.6 is 0 Å². The second-order valence-corrected chi connectivity index (χ2v) is 4.20. The van der Waals surface area contributed by atoms with Gasteiger partial charge in [0.2, 0.25) is 0 Å². The van der Waals surface area contributed by atoms with Crippen LogP contribution in [0, 0.1) is 0 Å². The van der Waals surface area contributed by atoms with E-state index in [1.807, 2.05) is 0 Å². The number of rotatable bonds is 8. The summed E-state index contributed by atoms with van der Waals surface area (Å²) in [7, 11) is 0. The summed E-state index contributed by atoms with van der Waals surface area (Å²) < 4.78 is 15.3. The Kier molecular flexibility index (Phi) is 7.08. The molecule has 0 aliphatic heterocycles. The first kappa shape index (κ1) is 16.8. The zero-order chi connectivity index (χ0) is 15.7. The lowest BCUT2D eigenvalue weighted by molar-refractivity contribution is -0.143. The summed E-state index contributed by atoms with van der Waals surface area (Å²) in [4.78, 5) is 23.0. The molecule has 0 spiro atoms. The zero-order valence-electron chi connectivity index (χ0n) is 12.4. The summed E-state index contributed by atoms with van der Waals surface area (Å²) in [5.74, 6) is -0.460. The largest absolute Gasteiger partial charge is 0.490 e. The van der Waals surface area contributed by atoms with Gasteiger partial charge in [-0.1, -0.05) is 6.07 Å². The molecule has 0 aromatic heterocycles. The number of carbonyl (C=O) groups excluding carboxylic acids is 2. The SMILES string of the molecule is CCOC(=O)CCCOc1c(N)cccc1C(=O)OCC. The van der Waals surface area contributed by atoms with Crippen LogP contribution < -0.4 is 10.5 Å². The van der Waals surface area contributed by atoms with Gasteiger partial charge in [-0.25, -0.2) is 4.79 Å². The standard InChI is InChI=1S/C15H21NO5/c1-3-19-13(17)9-6-10-21-14-11(15(18)20-4-2)7-5-8-12(14)16/h5,7-8H,3-4,6,9-10,16H2,1-2H3. The van der Waals surface area contributed by atoms with Gasteiger partial charge in [-0.3, -0.25) is 4.79 Å². The maximum absolute atomic E-state index is 11.8. The molecule has 1 rings (SSSR count). The van der Waals surface area contributed by atoms with Gasteiger partial charge in [0.15, 0.2) is 5.75 Å². The van der Waals surface area contributed by atoms with Crippen molar-refractivity contribution in [3.63, 3.8) is 0 Å². The Morgan fingerprint density at radius 1 is 1.14 bits per heavy atom. The Morgan fingerprint density at radius 3 is 2.52 bits per heavy atom. The topological polar surface area (TPSA) is 87.9 Å². The Hall–Kier alpha value is -2.24. The van der Waals surface area contributed by atoms with Gasteiger partial charge < -0.3 is 19.9 Å². The Balaban J connectivity index is 2.61. The van der Waals surface area contributed by atoms with Crippen molar-refractivity contribution in [3.05, 3.63) is 23.8 Å². The van der Waals surface area contributed by atoms with E-state index in [1.165, 1.54) is 0 Å². The smallest absolute Gasteiger partial charge is 0.341 e. The molecular weight excluding hydrogens is 274 g/mol. The van der Waals surface area contributed by atoms with Gasteiger partial charge in [0, 0.05) is 6.42 Å². The van der Waals surface area contributed by atoms with Gasteiger partial charge >= 0.3 is 11.9 Å². The maximum atomic E-state index is 11.8. The quantitative estimate of drug-likeness (QED) is 0.449. The number of anilines is 1. The summed E-state index contributed by atoms with van der Waals surface area (Å²) in [5, 5.41) is 0. The van der Waals surface area contributed by atoms with E-state index in [2.05, 4.69) is 0 Å². The number of hydrogen-bond donors (Lipinski definition) is 1. The fourth-order valence-electron chi connectivity index (χ4n) is 1.71. The molecule has 21 heavy (non-hydrogen) atoms. The molecule has 0 saturated carbocycles. The van der Waals surface area contributed by atoms with Crippen LogP contribution in [0.25, 0.3) is 0 Å². The average molecular weight is 295 g/mol. The molecule has 0 saturated heterocycles. The first-order valence-corrected chi connectivity index (χ1v) is 6.94.